The molecule has 3 nitrogen and oxygen atoms in total. The van der Waals surface area contributed by atoms with Crippen molar-refractivity contribution in [3.8, 4) is 0 Å². The topological polar surface area (TPSA) is 18.5 Å². The van der Waals surface area contributed by atoms with Crippen LogP contribution in [0.25, 0.3) is 0 Å². The van der Waals surface area contributed by atoms with Gasteiger partial charge in [0.15, 0.2) is 0 Å². The first-order valence-electron chi connectivity index (χ1n) is 11.5. The molecule has 0 heterocycles. The number of hydrazine groups is 1. The van der Waals surface area contributed by atoms with Crippen molar-refractivity contribution in [1.29, 1.82) is 0 Å². The van der Waals surface area contributed by atoms with E-state index < -0.39 is 0 Å². The largest absolute Gasteiger partial charge is 0.295 e. The molecule has 164 valence electrons. The van der Waals surface area contributed by atoms with E-state index in [1.54, 1.807) is 0 Å². The highest BCUT2D eigenvalue weighted by Crippen LogP contribution is 2.14. The van der Waals surface area contributed by atoms with Gasteiger partial charge in [-0.05, 0) is 42.5 Å². The molecule has 0 aliphatic carbocycles. The van der Waals surface area contributed by atoms with Crippen LogP contribution in [0.1, 0.15) is 42.9 Å². The molecule has 3 aromatic rings. The van der Waals surface area contributed by atoms with E-state index in [2.05, 4.69) is 120 Å². The zero-order valence-corrected chi connectivity index (χ0v) is 19.1. The van der Waals surface area contributed by atoms with Crippen LogP contribution in [0.4, 0.5) is 0 Å². The van der Waals surface area contributed by atoms with E-state index in [1.807, 2.05) is 0 Å². The van der Waals surface area contributed by atoms with Gasteiger partial charge in [-0.3, -0.25) is 10.3 Å². The lowest BCUT2D eigenvalue weighted by Crippen LogP contribution is -2.42. The van der Waals surface area contributed by atoms with Gasteiger partial charge in [0.25, 0.3) is 0 Å². The van der Waals surface area contributed by atoms with Crippen LogP contribution in [0, 0.1) is 0 Å². The molecule has 0 radical (unpaired) electrons. The highest BCUT2D eigenvalue weighted by Gasteiger charge is 2.14. The maximum absolute atomic E-state index is 3.59. The predicted molar refractivity (Wildman–Crippen MR) is 131 cm³/mol. The fraction of sp³-hybridized carbons (Fsp3) is 0.357. The zero-order chi connectivity index (χ0) is 21.7. The summed E-state index contributed by atoms with van der Waals surface area (Å²) in [6.07, 6.45) is 3.53. The van der Waals surface area contributed by atoms with Crippen molar-refractivity contribution in [1.82, 2.24) is 15.3 Å². The van der Waals surface area contributed by atoms with Crippen molar-refractivity contribution in [2.24, 2.45) is 0 Å². The monoisotopic (exact) mass is 415 g/mol. The Labute approximate surface area is 188 Å². The van der Waals surface area contributed by atoms with E-state index in [4.69, 9.17) is 0 Å². The van der Waals surface area contributed by atoms with E-state index in [0.29, 0.717) is 6.04 Å². The normalized spacial score (nSPS) is 12.4. The molecule has 0 fully saturated rings. The maximum atomic E-state index is 3.59. The van der Waals surface area contributed by atoms with Crippen LogP contribution in [0.15, 0.2) is 91.0 Å². The smallest absolute Gasteiger partial charge is 0.0353 e. The van der Waals surface area contributed by atoms with Crippen LogP contribution in [0.2, 0.25) is 0 Å². The molecule has 0 bridgehead atoms. The molecule has 3 rings (SSSR count). The molecule has 0 saturated carbocycles. The molecular formula is C28H37N3. The van der Waals surface area contributed by atoms with Crippen LogP contribution >= 0.6 is 0 Å². The minimum absolute atomic E-state index is 0.541. The molecule has 3 aromatic carbocycles. The van der Waals surface area contributed by atoms with E-state index in [0.717, 1.165) is 32.6 Å². The second kappa shape index (κ2) is 13.1. The minimum Gasteiger partial charge on any atom is -0.295 e. The van der Waals surface area contributed by atoms with Crippen LogP contribution in [-0.2, 0) is 19.6 Å². The summed E-state index contributed by atoms with van der Waals surface area (Å²) in [6, 6.07) is 32.8. The van der Waals surface area contributed by atoms with Gasteiger partial charge in [-0.1, -0.05) is 97.9 Å². The molecule has 0 aliphatic heterocycles. The van der Waals surface area contributed by atoms with Gasteiger partial charge in [0.1, 0.15) is 0 Å². The lowest BCUT2D eigenvalue weighted by Gasteiger charge is -2.29. The van der Waals surface area contributed by atoms with Crippen LogP contribution in [-0.4, -0.2) is 29.5 Å². The van der Waals surface area contributed by atoms with E-state index in [9.17, 15) is 0 Å². The molecule has 31 heavy (non-hydrogen) atoms. The van der Waals surface area contributed by atoms with Gasteiger partial charge >= 0.3 is 0 Å². The summed E-state index contributed by atoms with van der Waals surface area (Å²) in [4.78, 5) is 2.58. The first-order chi connectivity index (χ1) is 15.2. The fourth-order valence-electron chi connectivity index (χ4n) is 4.06. The van der Waals surface area contributed by atoms with Gasteiger partial charge in [-0.2, -0.15) is 0 Å². The SMILES string of the molecule is CCC(CCCN(Cc1ccccc1)Cc1ccccc1)N(C)NCc1ccccc1. The molecule has 1 atom stereocenters. The van der Waals surface area contributed by atoms with Gasteiger partial charge in [-0.25, -0.2) is 5.01 Å². The summed E-state index contributed by atoms with van der Waals surface area (Å²) in [5.74, 6) is 0. The van der Waals surface area contributed by atoms with Crippen molar-refractivity contribution < 1.29 is 0 Å². The second-order valence-corrected chi connectivity index (χ2v) is 8.32. The molecule has 0 spiro atoms. The Bertz CT molecular complexity index is 794. The van der Waals surface area contributed by atoms with E-state index in [1.165, 1.54) is 29.5 Å². The average molecular weight is 416 g/mol. The van der Waals surface area contributed by atoms with Crippen LogP contribution in [0.3, 0.4) is 0 Å². The average Bonchev–Trinajstić information content (AvgIpc) is 2.82. The predicted octanol–water partition coefficient (Wildman–Crippen LogP) is 5.88. The lowest BCUT2D eigenvalue weighted by atomic mass is 10.1. The van der Waals surface area contributed by atoms with Crippen molar-refractivity contribution in [2.75, 3.05) is 13.6 Å². The number of benzene rings is 3. The Hall–Kier alpha value is -2.46. The molecule has 0 aromatic heterocycles. The van der Waals surface area contributed by atoms with E-state index >= 15 is 0 Å². The first kappa shape index (κ1) is 23.2. The summed E-state index contributed by atoms with van der Waals surface area (Å²) in [5.41, 5.74) is 7.67. The molecule has 0 amide bonds. The summed E-state index contributed by atoms with van der Waals surface area (Å²) in [5, 5.41) is 2.31. The second-order valence-electron chi connectivity index (χ2n) is 8.32. The van der Waals surface area contributed by atoms with Crippen molar-refractivity contribution in [2.45, 2.75) is 51.9 Å². The third-order valence-electron chi connectivity index (χ3n) is 5.90. The third kappa shape index (κ3) is 8.29. The Morgan fingerprint density at radius 2 is 1.19 bits per heavy atom. The summed E-state index contributed by atoms with van der Waals surface area (Å²) >= 11 is 0. The Kier molecular flexibility index (Phi) is 9.78. The summed E-state index contributed by atoms with van der Waals surface area (Å²) in [7, 11) is 2.18. The summed E-state index contributed by atoms with van der Waals surface area (Å²) < 4.78 is 0. The van der Waals surface area contributed by atoms with Crippen molar-refractivity contribution >= 4 is 0 Å². The molecule has 0 aliphatic rings. The van der Waals surface area contributed by atoms with Gasteiger partial charge in [-0.15, -0.1) is 0 Å². The number of hydrogen-bond donors (Lipinski definition) is 1. The maximum Gasteiger partial charge on any atom is 0.0353 e. The third-order valence-corrected chi connectivity index (χ3v) is 5.90. The molecule has 1 unspecified atom stereocenters. The molecule has 3 heteroatoms. The number of rotatable bonds is 13. The number of nitrogens with one attached hydrogen (secondary N) is 1. The quantitative estimate of drug-likeness (QED) is 0.352. The molecular weight excluding hydrogens is 378 g/mol. The van der Waals surface area contributed by atoms with Gasteiger partial charge in [0, 0.05) is 32.7 Å². The molecule has 1 N–H and O–H groups in total. The molecule has 0 saturated heterocycles. The lowest BCUT2D eigenvalue weighted by molar-refractivity contribution is 0.139. The fourth-order valence-corrected chi connectivity index (χ4v) is 4.06. The van der Waals surface area contributed by atoms with Gasteiger partial charge in [0.05, 0.1) is 0 Å². The first-order valence-corrected chi connectivity index (χ1v) is 11.5. The Morgan fingerprint density at radius 1 is 0.710 bits per heavy atom. The highest BCUT2D eigenvalue weighted by atomic mass is 15.5. The van der Waals surface area contributed by atoms with Crippen LogP contribution < -0.4 is 5.43 Å². The van der Waals surface area contributed by atoms with Crippen molar-refractivity contribution in [3.63, 3.8) is 0 Å². The zero-order valence-electron chi connectivity index (χ0n) is 19.1. The van der Waals surface area contributed by atoms with Gasteiger partial charge < -0.3 is 0 Å². The minimum atomic E-state index is 0.541. The number of hydrogen-bond acceptors (Lipinski definition) is 3. The highest BCUT2D eigenvalue weighted by molar-refractivity contribution is 5.17. The Balaban J connectivity index is 1.51. The summed E-state index contributed by atoms with van der Waals surface area (Å²) in [6.45, 7) is 6.26. The number of nitrogens with zero attached hydrogens (tertiary/aromatic N) is 2. The van der Waals surface area contributed by atoms with Crippen LogP contribution in [0.5, 0.6) is 0 Å². The van der Waals surface area contributed by atoms with Crippen molar-refractivity contribution in [3.05, 3.63) is 108 Å². The van der Waals surface area contributed by atoms with Gasteiger partial charge in [0.2, 0.25) is 0 Å². The Morgan fingerprint density at radius 3 is 1.68 bits per heavy atom. The standard InChI is InChI=1S/C28H37N3/c1-3-28(30(2)29-22-25-14-7-4-8-15-25)20-13-21-31(23-26-16-9-5-10-17-26)24-27-18-11-6-12-19-27/h4-12,14-19,28-29H,3,13,20-24H2,1-2H3. The van der Waals surface area contributed by atoms with E-state index in [-0.39, 0.29) is 0 Å².